The number of hydrogen-bond acceptors (Lipinski definition) is 9. The molecule has 4 bridgehead atoms. The number of aryl methyl sites for hydroxylation is 1. The van der Waals surface area contributed by atoms with Crippen LogP contribution >= 0.6 is 11.6 Å². The van der Waals surface area contributed by atoms with Gasteiger partial charge in [-0.1, -0.05) is 23.7 Å². The molecule has 3 aromatic rings. The van der Waals surface area contributed by atoms with E-state index in [-0.39, 0.29) is 11.5 Å². The number of piperazine rings is 1. The van der Waals surface area contributed by atoms with Crippen LogP contribution in [0.25, 0.3) is 0 Å². The van der Waals surface area contributed by atoms with Crippen LogP contribution in [-0.2, 0) is 0 Å². The Kier molecular flexibility index (Phi) is 8.00. The van der Waals surface area contributed by atoms with Gasteiger partial charge in [0, 0.05) is 51.0 Å². The van der Waals surface area contributed by atoms with Gasteiger partial charge in [-0.15, -0.1) is 0 Å². The Morgan fingerprint density at radius 2 is 1.82 bits per heavy atom. The molecule has 45 heavy (non-hydrogen) atoms. The van der Waals surface area contributed by atoms with Crippen LogP contribution in [0, 0.1) is 24.7 Å². The van der Waals surface area contributed by atoms with Gasteiger partial charge in [0.15, 0.2) is 5.82 Å². The van der Waals surface area contributed by atoms with E-state index in [0.717, 1.165) is 68.3 Å². The molecule has 2 atom stereocenters. The van der Waals surface area contributed by atoms with Gasteiger partial charge >= 0.3 is 0 Å². The zero-order chi connectivity index (χ0) is 31.3. The molecule has 4 saturated carbocycles. The van der Waals surface area contributed by atoms with Crippen molar-refractivity contribution in [2.24, 2.45) is 17.8 Å². The molecule has 5 aliphatic rings. The number of nitrogens with zero attached hydrogens (tertiary/aromatic N) is 4. The summed E-state index contributed by atoms with van der Waals surface area (Å²) < 4.78 is 5.79. The summed E-state index contributed by atoms with van der Waals surface area (Å²) in [6.45, 7) is 5.93. The summed E-state index contributed by atoms with van der Waals surface area (Å²) in [5.74, 6) is 3.26. The second kappa shape index (κ2) is 12.0. The van der Waals surface area contributed by atoms with Crippen molar-refractivity contribution in [3.8, 4) is 5.75 Å². The van der Waals surface area contributed by atoms with Crippen molar-refractivity contribution < 1.29 is 14.6 Å². The van der Waals surface area contributed by atoms with E-state index < -0.39 is 0 Å². The first-order valence-electron chi connectivity index (χ1n) is 16.0. The number of rotatable bonds is 8. The van der Waals surface area contributed by atoms with Gasteiger partial charge in [-0.05, 0) is 80.5 Å². The summed E-state index contributed by atoms with van der Waals surface area (Å²) in [5, 5.41) is 20.6. The highest BCUT2D eigenvalue weighted by atomic mass is 35.5. The van der Waals surface area contributed by atoms with Gasteiger partial charge in [0.25, 0.3) is 5.91 Å². The highest BCUT2D eigenvalue weighted by molar-refractivity contribution is 6.33. The molecule has 2 heterocycles. The van der Waals surface area contributed by atoms with Crippen LogP contribution in [-0.4, -0.2) is 77.9 Å². The Morgan fingerprint density at radius 1 is 1.07 bits per heavy atom. The van der Waals surface area contributed by atoms with Crippen molar-refractivity contribution in [2.45, 2.75) is 50.7 Å². The minimum absolute atomic E-state index is 0.205. The molecule has 4 aliphatic carbocycles. The fraction of sp³-hybridized carbons (Fsp3) is 0.500. The minimum atomic E-state index is -0.381. The van der Waals surface area contributed by atoms with Crippen LogP contribution in [0.5, 0.6) is 5.75 Å². The number of para-hydroxylation sites is 1. The number of anilines is 5. The van der Waals surface area contributed by atoms with Crippen molar-refractivity contribution in [1.29, 1.82) is 0 Å². The number of nitrogens with one attached hydrogen (secondary N) is 3. The number of aliphatic hydroxyl groups is 1. The lowest BCUT2D eigenvalue weighted by atomic mass is 9.52. The number of ether oxygens (including phenoxy) is 1. The third kappa shape index (κ3) is 5.79. The third-order valence-electron chi connectivity index (χ3n) is 10.5. The second-order valence-electron chi connectivity index (χ2n) is 13.3. The summed E-state index contributed by atoms with van der Waals surface area (Å²) >= 11 is 6.47. The normalized spacial score (nSPS) is 27.4. The topological polar surface area (TPSA) is 115 Å². The van der Waals surface area contributed by atoms with E-state index in [1.807, 2.05) is 25.1 Å². The lowest BCUT2D eigenvalue weighted by Crippen LogP contribution is -2.64. The lowest BCUT2D eigenvalue weighted by Gasteiger charge is -2.61. The minimum Gasteiger partial charge on any atom is -0.494 e. The Hall–Kier alpha value is -3.60. The summed E-state index contributed by atoms with van der Waals surface area (Å²) in [7, 11) is 3.26. The highest BCUT2D eigenvalue weighted by Crippen LogP contribution is 2.57. The number of carbonyl (C=O) groups excluding carboxylic acids is 1. The van der Waals surface area contributed by atoms with Crippen molar-refractivity contribution in [1.82, 2.24) is 20.2 Å². The van der Waals surface area contributed by atoms with Gasteiger partial charge in [0.2, 0.25) is 5.95 Å². The molecule has 238 valence electrons. The van der Waals surface area contributed by atoms with Crippen molar-refractivity contribution >= 4 is 46.3 Å². The summed E-state index contributed by atoms with van der Waals surface area (Å²) in [6, 6.07) is 12.3. The van der Waals surface area contributed by atoms with Gasteiger partial charge < -0.3 is 30.7 Å². The summed E-state index contributed by atoms with van der Waals surface area (Å²) in [6.07, 6.45) is 7.15. The van der Waals surface area contributed by atoms with E-state index in [0.29, 0.717) is 51.7 Å². The number of methoxy groups -OCH3 is 1. The third-order valence-corrected chi connectivity index (χ3v) is 10.7. The molecule has 10 nitrogen and oxygen atoms in total. The predicted octanol–water partition coefficient (Wildman–Crippen LogP) is 5.36. The molecule has 4 N–H and O–H groups in total. The van der Waals surface area contributed by atoms with Crippen molar-refractivity contribution in [3.05, 3.63) is 58.7 Å². The Bertz CT molecular complexity index is 1580. The first kappa shape index (κ1) is 30.1. The fourth-order valence-corrected chi connectivity index (χ4v) is 8.86. The van der Waals surface area contributed by atoms with Crippen LogP contribution in [0.3, 0.4) is 0 Å². The number of benzene rings is 2. The molecule has 1 aromatic heterocycles. The van der Waals surface area contributed by atoms with E-state index in [2.05, 4.69) is 47.9 Å². The highest BCUT2D eigenvalue weighted by Gasteiger charge is 2.56. The zero-order valence-electron chi connectivity index (χ0n) is 26.1. The zero-order valence-corrected chi connectivity index (χ0v) is 26.9. The average molecular weight is 632 g/mol. The molecule has 5 fully saturated rings. The summed E-state index contributed by atoms with van der Waals surface area (Å²) in [5.41, 5.74) is 3.49. The smallest absolute Gasteiger partial charge is 0.253 e. The molecule has 1 saturated heterocycles. The number of halogens is 1. The predicted molar refractivity (Wildman–Crippen MR) is 177 cm³/mol. The molecule has 0 spiro atoms. The maximum Gasteiger partial charge on any atom is 0.253 e. The quantitative estimate of drug-likeness (QED) is 0.261. The van der Waals surface area contributed by atoms with E-state index in [1.54, 1.807) is 20.2 Å². The fourth-order valence-electron chi connectivity index (χ4n) is 8.72. The van der Waals surface area contributed by atoms with Gasteiger partial charge in [-0.25, -0.2) is 4.98 Å². The lowest BCUT2D eigenvalue weighted by molar-refractivity contribution is -0.160. The number of hydrogen-bond donors (Lipinski definition) is 4. The largest absolute Gasteiger partial charge is 0.494 e. The molecular formula is C34H42ClN7O3. The Labute approximate surface area is 269 Å². The molecule has 1 amide bonds. The first-order valence-corrected chi connectivity index (χ1v) is 16.4. The first-order chi connectivity index (χ1) is 21.7. The molecule has 2 aromatic carbocycles. The van der Waals surface area contributed by atoms with Crippen LogP contribution in [0.2, 0.25) is 5.02 Å². The maximum absolute atomic E-state index is 12.5. The molecule has 0 radical (unpaired) electrons. The Morgan fingerprint density at radius 3 is 2.51 bits per heavy atom. The van der Waals surface area contributed by atoms with Gasteiger partial charge in [-0.3, -0.25) is 9.69 Å². The monoisotopic (exact) mass is 631 g/mol. The van der Waals surface area contributed by atoms with Crippen LogP contribution < -0.4 is 25.6 Å². The van der Waals surface area contributed by atoms with Crippen LogP contribution in [0.4, 0.5) is 28.8 Å². The molecule has 11 heteroatoms. The number of aromatic nitrogens is 2. The Balaban J connectivity index is 1.03. The van der Waals surface area contributed by atoms with E-state index >= 15 is 0 Å². The molecular weight excluding hydrogens is 590 g/mol. The van der Waals surface area contributed by atoms with Gasteiger partial charge in [-0.2, -0.15) is 4.98 Å². The van der Waals surface area contributed by atoms with Crippen LogP contribution in [0.1, 0.15) is 48.0 Å². The van der Waals surface area contributed by atoms with Crippen molar-refractivity contribution in [3.63, 3.8) is 0 Å². The SMILES string of the molecule is CNC(=O)c1cccc(C)c1Nc1nc(Nc2ccc(N3CCN(C4C5CC6CC4CC(O)(C6)C5)CC3)cc2OC)ncc1Cl. The van der Waals surface area contributed by atoms with Gasteiger partial charge in [0.05, 0.1) is 35.8 Å². The van der Waals surface area contributed by atoms with Gasteiger partial charge in [0.1, 0.15) is 10.8 Å². The van der Waals surface area contributed by atoms with Crippen LogP contribution in [0.15, 0.2) is 42.6 Å². The van der Waals surface area contributed by atoms with E-state index in [4.69, 9.17) is 16.3 Å². The molecule has 1 aliphatic heterocycles. The van der Waals surface area contributed by atoms with Crippen molar-refractivity contribution in [2.75, 3.05) is 55.9 Å². The maximum atomic E-state index is 12.5. The number of amides is 1. The second-order valence-corrected chi connectivity index (χ2v) is 13.7. The molecule has 2 unspecified atom stereocenters. The standard InChI is InChI=1S/C34H42ClN7O3/c1-20-5-4-6-25(32(43)36-2)29(20)39-31-26(35)19-37-33(40-31)38-27-8-7-24(15-28(27)45-3)41-9-11-42(12-10-41)30-22-13-21-14-23(30)18-34(44,16-21)17-22/h4-8,15,19,21-23,30,44H,9-14,16-18H2,1-3H3,(H,36,43)(H2,37,38,39,40). The number of carbonyl (C=O) groups is 1. The molecule has 8 rings (SSSR count). The van der Waals surface area contributed by atoms with E-state index in [9.17, 15) is 9.90 Å². The van der Waals surface area contributed by atoms with E-state index in [1.165, 1.54) is 19.0 Å². The average Bonchev–Trinajstić information content (AvgIpc) is 3.02. The summed E-state index contributed by atoms with van der Waals surface area (Å²) in [4.78, 5) is 26.6.